The average molecular weight is 278 g/mol. The van der Waals surface area contributed by atoms with Crippen LogP contribution in [0.15, 0.2) is 10.7 Å². The number of nitrogens with zero attached hydrogens (tertiary/aromatic N) is 2. The summed E-state index contributed by atoms with van der Waals surface area (Å²) in [6.07, 6.45) is 1.89. The van der Waals surface area contributed by atoms with E-state index >= 15 is 0 Å². The van der Waals surface area contributed by atoms with Gasteiger partial charge in [-0.3, -0.25) is 4.79 Å². The molecule has 3 N–H and O–H groups in total. The molecule has 2 heterocycles. The Morgan fingerprint density at radius 2 is 2.20 bits per heavy atom. The molecule has 0 aliphatic carbocycles. The normalized spacial score (nSPS) is 10.5. The molecule has 106 valence electrons. The number of aromatic amines is 1. The second-order valence-corrected chi connectivity index (χ2v) is 4.29. The van der Waals surface area contributed by atoms with Crippen LogP contribution in [0.5, 0.6) is 0 Å². The minimum absolute atomic E-state index is 0.0620. The molecule has 0 saturated heterocycles. The first kappa shape index (κ1) is 13.8. The molecule has 2 aromatic rings. The van der Waals surface area contributed by atoms with Crippen molar-refractivity contribution in [3.8, 4) is 0 Å². The summed E-state index contributed by atoms with van der Waals surface area (Å²) in [5.41, 5.74) is 0.800. The van der Waals surface area contributed by atoms with Crippen LogP contribution in [0.25, 0.3) is 0 Å². The summed E-state index contributed by atoms with van der Waals surface area (Å²) in [7, 11) is 0. The predicted molar refractivity (Wildman–Crippen MR) is 68.5 cm³/mol. The van der Waals surface area contributed by atoms with Gasteiger partial charge in [0.15, 0.2) is 5.82 Å². The molecule has 8 heteroatoms. The lowest BCUT2D eigenvalue weighted by atomic mass is 10.2. The van der Waals surface area contributed by atoms with Crippen molar-refractivity contribution < 1.29 is 19.2 Å². The van der Waals surface area contributed by atoms with E-state index in [4.69, 9.17) is 9.63 Å². The van der Waals surface area contributed by atoms with E-state index in [1.807, 2.05) is 0 Å². The zero-order chi connectivity index (χ0) is 14.7. The quantitative estimate of drug-likeness (QED) is 0.757. The number of carbonyl (C=O) groups excluding carboxylic acids is 1. The number of carbonyl (C=O) groups is 2. The first-order chi connectivity index (χ1) is 9.47. The van der Waals surface area contributed by atoms with Crippen molar-refractivity contribution in [1.82, 2.24) is 15.1 Å². The van der Waals surface area contributed by atoms with Crippen LogP contribution in [-0.4, -0.2) is 32.1 Å². The number of hydrogen-bond donors (Lipinski definition) is 3. The number of nitrogens with one attached hydrogen (secondary N) is 2. The number of carboxylic acid groups (broad SMARTS) is 1. The molecule has 0 bridgehead atoms. The van der Waals surface area contributed by atoms with Gasteiger partial charge in [-0.2, -0.15) is 4.98 Å². The van der Waals surface area contributed by atoms with Gasteiger partial charge >= 0.3 is 5.97 Å². The van der Waals surface area contributed by atoms with Crippen LogP contribution in [-0.2, 0) is 11.2 Å². The van der Waals surface area contributed by atoms with Crippen LogP contribution in [0.1, 0.15) is 34.2 Å². The summed E-state index contributed by atoms with van der Waals surface area (Å²) < 4.78 is 4.89. The third-order valence-electron chi connectivity index (χ3n) is 2.70. The predicted octanol–water partition coefficient (Wildman–Crippen LogP) is 1.28. The maximum Gasteiger partial charge on any atom is 0.339 e. The number of H-pyrrole nitrogens is 1. The number of aromatic carboxylic acids is 1. The van der Waals surface area contributed by atoms with Gasteiger partial charge in [0, 0.05) is 24.7 Å². The fraction of sp³-hybridized carbons (Fsp3) is 0.333. The molecule has 0 spiro atoms. The van der Waals surface area contributed by atoms with Crippen molar-refractivity contribution in [2.24, 2.45) is 0 Å². The molecule has 0 fully saturated rings. The smallest absolute Gasteiger partial charge is 0.339 e. The van der Waals surface area contributed by atoms with Crippen LogP contribution in [0.4, 0.5) is 5.69 Å². The zero-order valence-electron chi connectivity index (χ0n) is 11.1. The Kier molecular flexibility index (Phi) is 3.83. The lowest BCUT2D eigenvalue weighted by molar-refractivity contribution is -0.116. The van der Waals surface area contributed by atoms with Crippen molar-refractivity contribution in [2.75, 3.05) is 5.32 Å². The van der Waals surface area contributed by atoms with Crippen molar-refractivity contribution in [2.45, 2.75) is 26.7 Å². The van der Waals surface area contributed by atoms with Crippen molar-refractivity contribution in [1.29, 1.82) is 0 Å². The minimum atomic E-state index is -1.09. The highest BCUT2D eigenvalue weighted by atomic mass is 16.5. The molecule has 8 nitrogen and oxygen atoms in total. The number of anilines is 1. The molecule has 20 heavy (non-hydrogen) atoms. The summed E-state index contributed by atoms with van der Waals surface area (Å²) in [4.78, 5) is 29.6. The van der Waals surface area contributed by atoms with Gasteiger partial charge in [-0.15, -0.1) is 0 Å². The molecule has 0 radical (unpaired) electrons. The van der Waals surface area contributed by atoms with E-state index in [-0.39, 0.29) is 23.6 Å². The van der Waals surface area contributed by atoms with Gasteiger partial charge in [-0.05, 0) is 13.8 Å². The van der Waals surface area contributed by atoms with Crippen LogP contribution in [0.3, 0.4) is 0 Å². The van der Waals surface area contributed by atoms with E-state index in [0.29, 0.717) is 23.8 Å². The summed E-state index contributed by atoms with van der Waals surface area (Å²) in [6, 6.07) is 0. The standard InChI is InChI=1S/C12H14N4O4/c1-6-11(12(18)19)8(5-13-6)15-9(17)3-4-10-14-7(2)16-20-10/h5,13H,3-4H2,1-2H3,(H,15,17)(H,18,19). The minimum Gasteiger partial charge on any atom is -0.478 e. The lowest BCUT2D eigenvalue weighted by Gasteiger charge is -2.03. The monoisotopic (exact) mass is 278 g/mol. The summed E-state index contributed by atoms with van der Waals surface area (Å²) in [5.74, 6) is -0.523. The van der Waals surface area contributed by atoms with Gasteiger partial charge in [-0.1, -0.05) is 5.16 Å². The maximum atomic E-state index is 11.8. The summed E-state index contributed by atoms with van der Waals surface area (Å²) in [6.45, 7) is 3.31. The summed E-state index contributed by atoms with van der Waals surface area (Å²) in [5, 5.41) is 15.2. The van der Waals surface area contributed by atoms with E-state index in [1.165, 1.54) is 6.20 Å². The fourth-order valence-corrected chi connectivity index (χ4v) is 1.78. The number of aryl methyl sites for hydroxylation is 3. The maximum absolute atomic E-state index is 11.8. The molecular formula is C12H14N4O4. The van der Waals surface area contributed by atoms with Crippen LogP contribution >= 0.6 is 0 Å². The molecule has 0 atom stereocenters. The van der Waals surface area contributed by atoms with E-state index in [9.17, 15) is 9.59 Å². The Morgan fingerprint density at radius 1 is 1.45 bits per heavy atom. The Bertz CT molecular complexity index is 644. The van der Waals surface area contributed by atoms with Crippen LogP contribution in [0.2, 0.25) is 0 Å². The van der Waals surface area contributed by atoms with Gasteiger partial charge in [0.1, 0.15) is 5.56 Å². The third kappa shape index (κ3) is 3.02. The highest BCUT2D eigenvalue weighted by molar-refractivity contribution is 6.01. The Balaban J connectivity index is 1.96. The van der Waals surface area contributed by atoms with Gasteiger partial charge in [-0.25, -0.2) is 4.79 Å². The van der Waals surface area contributed by atoms with Gasteiger partial charge < -0.3 is 19.9 Å². The topological polar surface area (TPSA) is 121 Å². The second-order valence-electron chi connectivity index (χ2n) is 4.29. The zero-order valence-corrected chi connectivity index (χ0v) is 11.1. The highest BCUT2D eigenvalue weighted by Crippen LogP contribution is 2.19. The Hall–Kier alpha value is -2.64. The highest BCUT2D eigenvalue weighted by Gasteiger charge is 2.17. The molecule has 0 aromatic carbocycles. The van der Waals surface area contributed by atoms with Crippen LogP contribution in [0, 0.1) is 13.8 Å². The van der Waals surface area contributed by atoms with Crippen molar-refractivity contribution >= 4 is 17.6 Å². The number of hydrogen-bond acceptors (Lipinski definition) is 5. The molecule has 2 rings (SSSR count). The first-order valence-electron chi connectivity index (χ1n) is 5.97. The fourth-order valence-electron chi connectivity index (χ4n) is 1.78. The molecule has 0 aliphatic rings. The largest absolute Gasteiger partial charge is 0.478 e. The van der Waals surface area contributed by atoms with Crippen LogP contribution < -0.4 is 5.32 Å². The van der Waals surface area contributed by atoms with Crippen molar-refractivity contribution in [3.05, 3.63) is 29.2 Å². The van der Waals surface area contributed by atoms with Gasteiger partial charge in [0.05, 0.1) is 5.69 Å². The van der Waals surface area contributed by atoms with E-state index < -0.39 is 5.97 Å². The number of aromatic nitrogens is 3. The van der Waals surface area contributed by atoms with E-state index in [1.54, 1.807) is 13.8 Å². The number of amides is 1. The first-order valence-corrected chi connectivity index (χ1v) is 5.97. The molecule has 0 unspecified atom stereocenters. The van der Waals surface area contributed by atoms with E-state index in [0.717, 1.165) is 0 Å². The Morgan fingerprint density at radius 3 is 2.80 bits per heavy atom. The van der Waals surface area contributed by atoms with Gasteiger partial charge in [0.2, 0.25) is 11.8 Å². The van der Waals surface area contributed by atoms with E-state index in [2.05, 4.69) is 20.4 Å². The second kappa shape index (κ2) is 5.55. The van der Waals surface area contributed by atoms with Gasteiger partial charge in [0.25, 0.3) is 0 Å². The lowest BCUT2D eigenvalue weighted by Crippen LogP contribution is -2.14. The number of carboxylic acids is 1. The third-order valence-corrected chi connectivity index (χ3v) is 2.70. The SMILES string of the molecule is Cc1noc(CCC(=O)Nc2c[nH]c(C)c2C(=O)O)n1. The van der Waals surface area contributed by atoms with Crippen molar-refractivity contribution in [3.63, 3.8) is 0 Å². The molecule has 0 saturated carbocycles. The molecule has 1 amide bonds. The Labute approximate surface area is 114 Å². The average Bonchev–Trinajstić information content (AvgIpc) is 2.93. The summed E-state index contributed by atoms with van der Waals surface area (Å²) >= 11 is 0. The molecular weight excluding hydrogens is 264 g/mol. The number of rotatable bonds is 5. The molecule has 0 aliphatic heterocycles. The molecule has 2 aromatic heterocycles.